The molecule has 0 aliphatic heterocycles. The molecule has 5 nitrogen and oxygen atoms in total. The summed E-state index contributed by atoms with van der Waals surface area (Å²) >= 11 is 5.17. The average Bonchev–Trinajstić information content (AvgIpc) is 2.69. The third kappa shape index (κ3) is 4.38. The van der Waals surface area contributed by atoms with Crippen LogP contribution in [0.4, 0.5) is 20.2 Å². The molecule has 32 heavy (non-hydrogen) atoms. The van der Waals surface area contributed by atoms with Crippen molar-refractivity contribution in [2.24, 2.45) is 17.8 Å². The van der Waals surface area contributed by atoms with E-state index in [0.717, 1.165) is 31.4 Å². The summed E-state index contributed by atoms with van der Waals surface area (Å²) in [7, 11) is -3.64. The molecule has 2 aromatic carbocycles. The van der Waals surface area contributed by atoms with E-state index in [-0.39, 0.29) is 21.2 Å². The monoisotopic (exact) mass is 477 g/mol. The van der Waals surface area contributed by atoms with Gasteiger partial charge >= 0.3 is 0 Å². The van der Waals surface area contributed by atoms with Crippen LogP contribution < -0.4 is 15.4 Å². The van der Waals surface area contributed by atoms with Gasteiger partial charge in [0.25, 0.3) is 0 Å². The van der Waals surface area contributed by atoms with E-state index in [1.165, 1.54) is 37.5 Å². The van der Waals surface area contributed by atoms with Crippen molar-refractivity contribution in [3.63, 3.8) is 0 Å². The minimum absolute atomic E-state index is 0.0443. The van der Waals surface area contributed by atoms with E-state index >= 15 is 0 Å². The van der Waals surface area contributed by atoms with E-state index in [2.05, 4.69) is 15.4 Å². The molecule has 6 rings (SSSR count). The third-order valence-corrected chi connectivity index (χ3v) is 8.79. The van der Waals surface area contributed by atoms with Crippen molar-refractivity contribution >= 4 is 38.7 Å². The zero-order valence-electron chi connectivity index (χ0n) is 17.4. The molecule has 0 saturated heterocycles. The van der Waals surface area contributed by atoms with Crippen molar-refractivity contribution in [3.8, 4) is 0 Å². The van der Waals surface area contributed by atoms with Crippen molar-refractivity contribution in [3.05, 3.63) is 54.1 Å². The average molecular weight is 478 g/mol. The predicted molar refractivity (Wildman–Crippen MR) is 124 cm³/mol. The normalized spacial score (nSPS) is 28.5. The predicted octanol–water partition coefficient (Wildman–Crippen LogP) is 5.02. The van der Waals surface area contributed by atoms with Crippen LogP contribution in [0, 0.1) is 29.4 Å². The van der Waals surface area contributed by atoms with Crippen LogP contribution in [0.5, 0.6) is 0 Å². The van der Waals surface area contributed by atoms with Crippen LogP contribution in [-0.4, -0.2) is 19.1 Å². The number of sulfonamides is 1. The molecular formula is C23H25F2N3O2S2. The van der Waals surface area contributed by atoms with Crippen molar-refractivity contribution in [1.82, 2.24) is 4.72 Å². The maximum absolute atomic E-state index is 13.8. The van der Waals surface area contributed by atoms with Crippen LogP contribution in [0.1, 0.15) is 38.5 Å². The van der Waals surface area contributed by atoms with E-state index in [0.29, 0.717) is 23.4 Å². The summed E-state index contributed by atoms with van der Waals surface area (Å²) in [6.45, 7) is 0. The van der Waals surface area contributed by atoms with Crippen molar-refractivity contribution < 1.29 is 17.2 Å². The minimum Gasteiger partial charge on any atom is -0.332 e. The zero-order valence-corrected chi connectivity index (χ0v) is 19.0. The Bertz CT molecular complexity index is 1120. The number of halogens is 2. The highest BCUT2D eigenvalue weighted by molar-refractivity contribution is 7.89. The van der Waals surface area contributed by atoms with Crippen LogP contribution in [0.2, 0.25) is 0 Å². The van der Waals surface area contributed by atoms with Gasteiger partial charge in [-0.15, -0.1) is 0 Å². The van der Waals surface area contributed by atoms with Crippen LogP contribution in [0.25, 0.3) is 0 Å². The fourth-order valence-corrected chi connectivity index (χ4v) is 7.83. The Balaban J connectivity index is 1.24. The first-order valence-corrected chi connectivity index (χ1v) is 12.8. The standard InChI is InChI=1S/C23H25F2N3O2S2/c24-17-1-6-21(20(25)10-17)27-22(31)26-18-2-4-19(5-3-18)32(29,30)28-23-11-14-7-15(12-23)9-16(8-14)13-23/h1-6,10,14-16,28H,7-9,11-13H2,(H2,26,27,31). The number of benzene rings is 2. The lowest BCUT2D eigenvalue weighted by atomic mass is 9.53. The molecule has 2 aromatic rings. The topological polar surface area (TPSA) is 70.2 Å². The van der Waals surface area contributed by atoms with Gasteiger partial charge in [0.1, 0.15) is 11.6 Å². The lowest BCUT2D eigenvalue weighted by Crippen LogP contribution is -2.59. The lowest BCUT2D eigenvalue weighted by molar-refractivity contribution is -0.00810. The Morgan fingerprint density at radius 3 is 2.06 bits per heavy atom. The van der Waals surface area contributed by atoms with Gasteiger partial charge < -0.3 is 10.6 Å². The fourth-order valence-electron chi connectivity index (χ4n) is 6.17. The minimum atomic E-state index is -3.64. The number of hydrogen-bond acceptors (Lipinski definition) is 3. The molecule has 4 bridgehead atoms. The lowest BCUT2D eigenvalue weighted by Gasteiger charge is -2.56. The molecule has 0 heterocycles. The first-order valence-electron chi connectivity index (χ1n) is 10.9. The van der Waals surface area contributed by atoms with Crippen molar-refractivity contribution in [2.45, 2.75) is 49.0 Å². The van der Waals surface area contributed by atoms with Gasteiger partial charge in [-0.1, -0.05) is 0 Å². The van der Waals surface area contributed by atoms with Crippen LogP contribution in [-0.2, 0) is 10.0 Å². The maximum Gasteiger partial charge on any atom is 0.241 e. The van der Waals surface area contributed by atoms with Gasteiger partial charge in [0.2, 0.25) is 10.0 Å². The van der Waals surface area contributed by atoms with Gasteiger partial charge in [0, 0.05) is 17.3 Å². The maximum atomic E-state index is 13.8. The quantitative estimate of drug-likeness (QED) is 0.528. The zero-order chi connectivity index (χ0) is 22.5. The molecular weight excluding hydrogens is 452 g/mol. The first-order chi connectivity index (χ1) is 15.2. The van der Waals surface area contributed by atoms with E-state index in [1.807, 2.05) is 0 Å². The highest BCUT2D eigenvalue weighted by Gasteiger charge is 2.52. The molecule has 9 heteroatoms. The molecule has 0 atom stereocenters. The summed E-state index contributed by atoms with van der Waals surface area (Å²) in [4.78, 5) is 0.210. The second kappa shape index (κ2) is 8.04. The summed E-state index contributed by atoms with van der Waals surface area (Å²) in [6, 6.07) is 9.45. The smallest absolute Gasteiger partial charge is 0.241 e. The molecule has 3 N–H and O–H groups in total. The Kier molecular flexibility index (Phi) is 5.46. The third-order valence-electron chi connectivity index (χ3n) is 6.99. The Morgan fingerprint density at radius 1 is 0.906 bits per heavy atom. The van der Waals surface area contributed by atoms with Crippen LogP contribution >= 0.6 is 12.2 Å². The van der Waals surface area contributed by atoms with Gasteiger partial charge in [-0.25, -0.2) is 21.9 Å². The van der Waals surface area contributed by atoms with E-state index in [1.54, 1.807) is 12.1 Å². The molecule has 0 radical (unpaired) electrons. The number of nitrogens with one attached hydrogen (secondary N) is 3. The van der Waals surface area contributed by atoms with Crippen LogP contribution in [0.15, 0.2) is 47.4 Å². The van der Waals surface area contributed by atoms with Gasteiger partial charge in [0.05, 0.1) is 10.6 Å². The Labute approximate surface area is 192 Å². The molecule has 4 saturated carbocycles. The van der Waals surface area contributed by atoms with Gasteiger partial charge in [-0.05, 0) is 105 Å². The molecule has 0 aromatic heterocycles. The van der Waals surface area contributed by atoms with E-state index in [9.17, 15) is 17.2 Å². The first kappa shape index (κ1) is 21.7. The SMILES string of the molecule is O=S(=O)(NC12CC3CC(CC(C3)C1)C2)c1ccc(NC(=S)Nc2ccc(F)cc2F)cc1. The summed E-state index contributed by atoms with van der Waals surface area (Å²) in [5, 5.41) is 5.66. The second-order valence-corrected chi connectivity index (χ2v) is 11.6. The number of thiocarbonyl (C=S) groups is 1. The summed E-state index contributed by atoms with van der Waals surface area (Å²) in [5.41, 5.74) is 0.302. The molecule has 0 amide bonds. The van der Waals surface area contributed by atoms with Gasteiger partial charge in [0.15, 0.2) is 5.11 Å². The Hall–Kier alpha value is -2.10. The van der Waals surface area contributed by atoms with E-state index < -0.39 is 21.7 Å². The Morgan fingerprint density at radius 2 is 1.50 bits per heavy atom. The number of hydrogen-bond donors (Lipinski definition) is 3. The molecule has 170 valence electrons. The van der Waals surface area contributed by atoms with E-state index in [4.69, 9.17) is 12.2 Å². The van der Waals surface area contributed by atoms with Crippen molar-refractivity contribution in [1.29, 1.82) is 0 Å². The largest absolute Gasteiger partial charge is 0.332 e. The number of rotatable bonds is 5. The molecule has 4 aliphatic rings. The highest BCUT2D eigenvalue weighted by Crippen LogP contribution is 2.55. The summed E-state index contributed by atoms with van der Waals surface area (Å²) in [6.07, 6.45) is 6.57. The fraction of sp³-hybridized carbons (Fsp3) is 0.435. The molecule has 4 fully saturated rings. The van der Waals surface area contributed by atoms with Gasteiger partial charge in [-0.3, -0.25) is 0 Å². The molecule has 0 spiro atoms. The molecule has 0 unspecified atom stereocenters. The summed E-state index contributed by atoms with van der Waals surface area (Å²) < 4.78 is 56.1. The summed E-state index contributed by atoms with van der Waals surface area (Å²) in [5.74, 6) is 0.511. The van der Waals surface area contributed by atoms with Crippen molar-refractivity contribution in [2.75, 3.05) is 10.6 Å². The van der Waals surface area contributed by atoms with Gasteiger partial charge in [-0.2, -0.15) is 0 Å². The second-order valence-electron chi connectivity index (χ2n) is 9.53. The highest BCUT2D eigenvalue weighted by atomic mass is 32.2. The number of anilines is 2. The van der Waals surface area contributed by atoms with Crippen LogP contribution in [0.3, 0.4) is 0 Å². The molecule has 4 aliphatic carbocycles.